The van der Waals surface area contributed by atoms with Gasteiger partial charge in [0.25, 0.3) is 0 Å². The number of rotatable bonds is 6. The maximum Gasteiger partial charge on any atom is 0.411 e. The average molecular weight is 439 g/mol. The first-order chi connectivity index (χ1) is 15.5. The number of benzene rings is 2. The lowest BCUT2D eigenvalue weighted by molar-refractivity contribution is -0.144. The summed E-state index contributed by atoms with van der Waals surface area (Å²) < 4.78 is 26.4. The lowest BCUT2D eigenvalue weighted by Gasteiger charge is -2.18. The van der Waals surface area contributed by atoms with Crippen LogP contribution in [0.2, 0.25) is 0 Å². The molecule has 0 fully saturated rings. The van der Waals surface area contributed by atoms with Crippen molar-refractivity contribution in [3.8, 4) is 11.5 Å². The summed E-state index contributed by atoms with van der Waals surface area (Å²) in [6, 6.07) is 11.4. The molecular formula is C23H21NO8. The molecule has 166 valence electrons. The van der Waals surface area contributed by atoms with Gasteiger partial charge in [0, 0.05) is 28.8 Å². The standard InChI is InChI=1S/C23H21NO8/c1-2-28-23(27)24-16-4-5-17-15(11-22(26)32-19(17)12-16)13-31-21(25)10-14-3-6-18-20(9-14)30-8-7-29-18/h3-6,9,11-12H,2,7-8,10,13H2,1H3,(H,24,27). The van der Waals surface area contributed by atoms with Gasteiger partial charge in [0.2, 0.25) is 0 Å². The molecule has 0 unspecified atom stereocenters. The van der Waals surface area contributed by atoms with Crippen molar-refractivity contribution < 1.29 is 33.0 Å². The second-order valence-electron chi connectivity index (χ2n) is 6.96. The third-order valence-corrected chi connectivity index (χ3v) is 4.70. The van der Waals surface area contributed by atoms with E-state index in [1.54, 1.807) is 37.3 Å². The molecule has 0 bridgehead atoms. The van der Waals surface area contributed by atoms with Crippen molar-refractivity contribution >= 4 is 28.7 Å². The van der Waals surface area contributed by atoms with Gasteiger partial charge in [0.1, 0.15) is 25.4 Å². The molecule has 1 aliphatic rings. The Balaban J connectivity index is 1.44. The zero-order valence-corrected chi connectivity index (χ0v) is 17.3. The van der Waals surface area contributed by atoms with Crippen LogP contribution in [0, 0.1) is 0 Å². The van der Waals surface area contributed by atoms with Gasteiger partial charge in [-0.15, -0.1) is 0 Å². The summed E-state index contributed by atoms with van der Waals surface area (Å²) >= 11 is 0. The molecule has 32 heavy (non-hydrogen) atoms. The monoisotopic (exact) mass is 439 g/mol. The Labute approximate surface area is 182 Å². The van der Waals surface area contributed by atoms with E-state index in [9.17, 15) is 14.4 Å². The molecule has 1 amide bonds. The Morgan fingerprint density at radius 3 is 2.62 bits per heavy atom. The average Bonchev–Trinajstić information content (AvgIpc) is 2.77. The van der Waals surface area contributed by atoms with Gasteiger partial charge in [0.05, 0.1) is 13.0 Å². The largest absolute Gasteiger partial charge is 0.486 e. The number of anilines is 1. The van der Waals surface area contributed by atoms with E-state index in [0.29, 0.717) is 41.3 Å². The third kappa shape index (κ3) is 5.00. The summed E-state index contributed by atoms with van der Waals surface area (Å²) in [6.07, 6.45) is -0.567. The topological polar surface area (TPSA) is 113 Å². The minimum Gasteiger partial charge on any atom is -0.486 e. The number of carbonyl (C=O) groups is 2. The number of ether oxygens (including phenoxy) is 4. The number of hydrogen-bond acceptors (Lipinski definition) is 8. The predicted octanol–water partition coefficient (Wildman–Crippen LogP) is 3.42. The number of hydrogen-bond donors (Lipinski definition) is 1. The lowest BCUT2D eigenvalue weighted by Crippen LogP contribution is -2.16. The van der Waals surface area contributed by atoms with E-state index >= 15 is 0 Å². The van der Waals surface area contributed by atoms with Crippen LogP contribution >= 0.6 is 0 Å². The Kier molecular flexibility index (Phi) is 6.25. The van der Waals surface area contributed by atoms with Crippen molar-refractivity contribution in [2.24, 2.45) is 0 Å². The molecule has 0 spiro atoms. The van der Waals surface area contributed by atoms with E-state index in [1.807, 2.05) is 0 Å². The molecular weight excluding hydrogens is 418 g/mol. The van der Waals surface area contributed by atoms with Crippen LogP contribution in [0.3, 0.4) is 0 Å². The molecule has 0 saturated heterocycles. The molecule has 3 aromatic rings. The molecule has 0 saturated carbocycles. The predicted molar refractivity (Wildman–Crippen MR) is 114 cm³/mol. The third-order valence-electron chi connectivity index (χ3n) is 4.70. The highest BCUT2D eigenvalue weighted by Crippen LogP contribution is 2.31. The highest BCUT2D eigenvalue weighted by atomic mass is 16.6. The molecule has 9 heteroatoms. The molecule has 0 aliphatic carbocycles. The van der Waals surface area contributed by atoms with Crippen LogP contribution in [0.4, 0.5) is 10.5 Å². The Morgan fingerprint density at radius 1 is 1.00 bits per heavy atom. The zero-order valence-electron chi connectivity index (χ0n) is 17.3. The van der Waals surface area contributed by atoms with Crippen molar-refractivity contribution in [1.82, 2.24) is 0 Å². The van der Waals surface area contributed by atoms with Crippen molar-refractivity contribution in [3.63, 3.8) is 0 Å². The van der Waals surface area contributed by atoms with Crippen molar-refractivity contribution in [3.05, 3.63) is 64.0 Å². The van der Waals surface area contributed by atoms with Crippen molar-refractivity contribution in [2.75, 3.05) is 25.1 Å². The second-order valence-corrected chi connectivity index (χ2v) is 6.96. The van der Waals surface area contributed by atoms with Gasteiger partial charge in [-0.25, -0.2) is 9.59 Å². The molecule has 1 aliphatic heterocycles. The zero-order chi connectivity index (χ0) is 22.5. The van der Waals surface area contributed by atoms with Crippen LogP contribution in [-0.4, -0.2) is 31.9 Å². The van der Waals surface area contributed by atoms with E-state index < -0.39 is 17.7 Å². The lowest BCUT2D eigenvalue weighted by atomic mass is 10.1. The van der Waals surface area contributed by atoms with Crippen LogP contribution in [0.25, 0.3) is 11.0 Å². The normalized spacial score (nSPS) is 12.3. The first kappa shape index (κ1) is 21.2. The SMILES string of the molecule is CCOC(=O)Nc1ccc2c(COC(=O)Cc3ccc4c(c3)OCCO4)cc(=O)oc2c1. The molecule has 2 heterocycles. The molecule has 1 aromatic heterocycles. The summed E-state index contributed by atoms with van der Waals surface area (Å²) in [4.78, 5) is 35.9. The van der Waals surface area contributed by atoms with Crippen molar-refractivity contribution in [2.45, 2.75) is 20.0 Å². The fourth-order valence-corrected chi connectivity index (χ4v) is 3.29. The highest BCUT2D eigenvalue weighted by Gasteiger charge is 2.15. The fourth-order valence-electron chi connectivity index (χ4n) is 3.29. The van der Waals surface area contributed by atoms with Gasteiger partial charge in [-0.3, -0.25) is 10.1 Å². The van der Waals surface area contributed by atoms with Gasteiger partial charge >= 0.3 is 17.7 Å². The van der Waals surface area contributed by atoms with Crippen LogP contribution in [0.5, 0.6) is 11.5 Å². The maximum atomic E-state index is 12.4. The molecule has 1 N–H and O–H groups in total. The summed E-state index contributed by atoms with van der Waals surface area (Å²) in [7, 11) is 0. The highest BCUT2D eigenvalue weighted by molar-refractivity contribution is 5.90. The number of fused-ring (bicyclic) bond motifs is 2. The van der Waals surface area contributed by atoms with Crippen molar-refractivity contribution in [1.29, 1.82) is 0 Å². The number of esters is 1. The maximum absolute atomic E-state index is 12.4. The molecule has 9 nitrogen and oxygen atoms in total. The van der Waals surface area contributed by atoms with Crippen LogP contribution < -0.4 is 20.4 Å². The van der Waals surface area contributed by atoms with Gasteiger partial charge < -0.3 is 23.4 Å². The van der Waals surface area contributed by atoms with Gasteiger partial charge in [-0.1, -0.05) is 6.07 Å². The van der Waals surface area contributed by atoms with E-state index in [0.717, 1.165) is 5.56 Å². The number of nitrogens with one attached hydrogen (secondary N) is 1. The van der Waals surface area contributed by atoms with E-state index in [2.05, 4.69) is 5.32 Å². The van der Waals surface area contributed by atoms with E-state index in [4.69, 9.17) is 23.4 Å². The fraction of sp³-hybridized carbons (Fsp3) is 0.261. The molecule has 2 aromatic carbocycles. The number of carbonyl (C=O) groups excluding carboxylic acids is 2. The van der Waals surface area contributed by atoms with E-state index in [-0.39, 0.29) is 25.2 Å². The van der Waals surface area contributed by atoms with Gasteiger partial charge in [0.15, 0.2) is 11.5 Å². The molecule has 4 rings (SSSR count). The Bertz CT molecular complexity index is 1220. The van der Waals surface area contributed by atoms with E-state index in [1.165, 1.54) is 12.1 Å². The first-order valence-corrected chi connectivity index (χ1v) is 10.1. The summed E-state index contributed by atoms with van der Waals surface area (Å²) in [6.45, 7) is 2.78. The van der Waals surface area contributed by atoms with Crippen LogP contribution in [0.1, 0.15) is 18.1 Å². The first-order valence-electron chi connectivity index (χ1n) is 10.1. The number of amides is 1. The Morgan fingerprint density at radius 2 is 1.81 bits per heavy atom. The summed E-state index contributed by atoms with van der Waals surface area (Å²) in [5.41, 5.74) is 1.29. The van der Waals surface area contributed by atoms with Crippen LogP contribution in [0.15, 0.2) is 51.7 Å². The second kappa shape index (κ2) is 9.42. The van der Waals surface area contributed by atoms with Crippen LogP contribution in [-0.2, 0) is 27.3 Å². The van der Waals surface area contributed by atoms with Gasteiger partial charge in [-0.2, -0.15) is 0 Å². The minimum absolute atomic E-state index is 0.0453. The summed E-state index contributed by atoms with van der Waals surface area (Å²) in [5, 5.41) is 3.13. The smallest absolute Gasteiger partial charge is 0.411 e. The Hall–Kier alpha value is -4.01. The molecule has 0 radical (unpaired) electrons. The quantitative estimate of drug-likeness (QED) is 0.459. The van der Waals surface area contributed by atoms with Gasteiger partial charge in [-0.05, 0) is 36.8 Å². The summed E-state index contributed by atoms with van der Waals surface area (Å²) in [5.74, 6) is 0.789. The minimum atomic E-state index is -0.613. The molecule has 0 atom stereocenters.